The monoisotopic (exact) mass is 474 g/mol. The topological polar surface area (TPSA) is 70.0 Å². The highest BCUT2D eigenvalue weighted by Crippen LogP contribution is 2.30. The zero-order chi connectivity index (χ0) is 24.6. The van der Waals surface area contributed by atoms with Gasteiger partial charge in [0.15, 0.2) is 0 Å². The molecule has 6 nitrogen and oxygen atoms in total. The molecule has 0 saturated carbocycles. The number of hydrogen-bond donors (Lipinski definition) is 1. The normalized spacial score (nSPS) is 11.4. The molecule has 0 spiro atoms. The van der Waals surface area contributed by atoms with E-state index in [9.17, 15) is 26.7 Å². The summed E-state index contributed by atoms with van der Waals surface area (Å²) in [4.78, 5) is 16.9. The lowest BCUT2D eigenvalue weighted by atomic mass is 10.2. The van der Waals surface area contributed by atoms with Gasteiger partial charge in [-0.2, -0.15) is 19.0 Å². The van der Waals surface area contributed by atoms with Crippen LogP contribution in [0, 0.1) is 29.1 Å². The number of halogens is 5. The van der Waals surface area contributed by atoms with E-state index in [1.54, 1.807) is 30.3 Å². The van der Waals surface area contributed by atoms with Crippen molar-refractivity contribution in [3.63, 3.8) is 0 Å². The van der Waals surface area contributed by atoms with Gasteiger partial charge < -0.3 is 14.6 Å². The van der Waals surface area contributed by atoms with E-state index in [1.807, 2.05) is 31.1 Å². The second-order valence-electron chi connectivity index (χ2n) is 7.35. The first-order valence-corrected chi connectivity index (χ1v) is 9.71. The molecule has 0 saturated heterocycles. The smallest absolute Gasteiger partial charge is 0.360 e. The molecule has 11 heteroatoms. The summed E-state index contributed by atoms with van der Waals surface area (Å²) in [5.41, 5.74) is 2.23. The number of ether oxygens (including phenoxy) is 1. The van der Waals surface area contributed by atoms with Crippen molar-refractivity contribution in [1.29, 1.82) is 0 Å². The van der Waals surface area contributed by atoms with Crippen molar-refractivity contribution in [2.75, 3.05) is 19.0 Å². The summed E-state index contributed by atoms with van der Waals surface area (Å²) in [7, 11) is 3.83. The second-order valence-corrected chi connectivity index (χ2v) is 7.35. The van der Waals surface area contributed by atoms with Gasteiger partial charge in [-0.15, -0.1) is 0 Å². The summed E-state index contributed by atoms with van der Waals surface area (Å²) in [6, 6.07) is 13.4. The van der Waals surface area contributed by atoms with Crippen molar-refractivity contribution in [2.24, 2.45) is 10.2 Å². The Balaban J connectivity index is 1.56. The van der Waals surface area contributed by atoms with Gasteiger partial charge in [-0.1, -0.05) is 0 Å². The van der Waals surface area contributed by atoms with Crippen molar-refractivity contribution in [3.05, 3.63) is 83.3 Å². The van der Waals surface area contributed by atoms with Crippen molar-refractivity contribution >= 4 is 33.9 Å². The minimum atomic E-state index is -2.35. The maximum atomic E-state index is 13.8. The molecular weight excluding hydrogens is 459 g/mol. The summed E-state index contributed by atoms with van der Waals surface area (Å²) >= 11 is 0. The van der Waals surface area contributed by atoms with Crippen LogP contribution in [0.4, 0.5) is 39.0 Å². The summed E-state index contributed by atoms with van der Waals surface area (Å²) in [6.07, 6.45) is 0. The molecule has 1 aromatic heterocycles. The first kappa shape index (κ1) is 22.9. The third-order valence-electron chi connectivity index (χ3n) is 4.84. The fraction of sp³-hybridized carbons (Fsp3) is 0.0870. The highest BCUT2D eigenvalue weighted by atomic mass is 19.2. The summed E-state index contributed by atoms with van der Waals surface area (Å²) < 4.78 is 71.9. The highest BCUT2D eigenvalue weighted by Gasteiger charge is 2.29. The average molecular weight is 474 g/mol. The molecule has 1 N–H and O–H groups in total. The lowest BCUT2D eigenvalue weighted by Crippen LogP contribution is -2.14. The molecule has 3 aromatic carbocycles. The van der Waals surface area contributed by atoms with Crippen LogP contribution in [0.25, 0.3) is 10.9 Å². The van der Waals surface area contributed by atoms with Gasteiger partial charge in [-0.25, -0.2) is 18.0 Å². The van der Waals surface area contributed by atoms with E-state index < -0.39 is 40.8 Å². The number of fused-ring (bicyclic) bond motifs is 1. The number of rotatable bonds is 5. The van der Waals surface area contributed by atoms with Crippen LogP contribution in [0.1, 0.15) is 10.5 Å². The fourth-order valence-electron chi connectivity index (χ4n) is 3.05. The van der Waals surface area contributed by atoms with Crippen LogP contribution in [0.15, 0.2) is 58.8 Å². The zero-order valence-electron chi connectivity index (χ0n) is 17.7. The molecule has 0 aliphatic carbocycles. The molecule has 174 valence electrons. The van der Waals surface area contributed by atoms with Gasteiger partial charge in [0.05, 0.1) is 11.4 Å². The van der Waals surface area contributed by atoms with Gasteiger partial charge in [0.25, 0.3) is 0 Å². The first-order valence-electron chi connectivity index (χ1n) is 9.71. The van der Waals surface area contributed by atoms with Crippen LogP contribution < -0.4 is 9.64 Å². The standard InChI is InChI=1S/C23H15F5N4O2/c1-32(2)14-6-3-12(4-7-14)30-31-13-5-8-15-11(9-13)10-16(29-15)23(33)34-22-20(27)18(25)17(24)19(26)21(22)28/h3-10,29H,1-2H3/b31-30+. The number of hydrogen-bond acceptors (Lipinski definition) is 5. The predicted molar refractivity (Wildman–Crippen MR) is 114 cm³/mol. The van der Waals surface area contributed by atoms with Crippen LogP contribution >= 0.6 is 0 Å². The van der Waals surface area contributed by atoms with Crippen LogP contribution in [0.2, 0.25) is 0 Å². The molecule has 0 atom stereocenters. The van der Waals surface area contributed by atoms with E-state index in [1.165, 1.54) is 6.07 Å². The average Bonchev–Trinajstić information content (AvgIpc) is 3.26. The minimum absolute atomic E-state index is 0.271. The van der Waals surface area contributed by atoms with Crippen molar-refractivity contribution in [1.82, 2.24) is 4.98 Å². The van der Waals surface area contributed by atoms with E-state index in [4.69, 9.17) is 0 Å². The van der Waals surface area contributed by atoms with E-state index in [2.05, 4.69) is 19.9 Å². The third-order valence-corrected chi connectivity index (χ3v) is 4.84. The summed E-state index contributed by atoms with van der Waals surface area (Å²) in [5.74, 6) is -14.3. The Morgan fingerprint density at radius 1 is 0.794 bits per heavy atom. The Labute approximate surface area is 189 Å². The van der Waals surface area contributed by atoms with Gasteiger partial charge in [0.1, 0.15) is 5.69 Å². The molecule has 0 aliphatic rings. The Morgan fingerprint density at radius 3 is 1.97 bits per heavy atom. The SMILES string of the molecule is CN(C)c1ccc(/N=N/c2ccc3[nH]c(C(=O)Oc4c(F)c(F)c(F)c(F)c4F)cc3c2)cc1. The molecule has 0 radical (unpaired) electrons. The number of benzene rings is 3. The Morgan fingerprint density at radius 2 is 1.35 bits per heavy atom. The van der Waals surface area contributed by atoms with Crippen molar-refractivity contribution < 1.29 is 31.5 Å². The van der Waals surface area contributed by atoms with Crippen molar-refractivity contribution in [2.45, 2.75) is 0 Å². The Hall–Kier alpha value is -4.28. The molecule has 0 amide bonds. The molecule has 4 rings (SSSR count). The quantitative estimate of drug-likeness (QED) is 0.0889. The molecular formula is C23H15F5N4O2. The van der Waals surface area contributed by atoms with E-state index in [-0.39, 0.29) is 5.69 Å². The van der Waals surface area contributed by atoms with Gasteiger partial charge in [-0.05, 0) is 48.5 Å². The predicted octanol–water partition coefficient (Wildman–Crippen LogP) is 6.56. The Kier molecular flexibility index (Phi) is 6.01. The molecule has 0 aliphatic heterocycles. The first-order chi connectivity index (χ1) is 16.2. The van der Waals surface area contributed by atoms with Crippen LogP contribution in [-0.4, -0.2) is 25.0 Å². The molecule has 0 bridgehead atoms. The zero-order valence-corrected chi connectivity index (χ0v) is 17.7. The van der Waals surface area contributed by atoms with Gasteiger partial charge >= 0.3 is 5.97 Å². The number of esters is 1. The highest BCUT2D eigenvalue weighted by molar-refractivity contribution is 5.96. The number of aromatic nitrogens is 1. The van der Waals surface area contributed by atoms with Crippen molar-refractivity contribution in [3.8, 4) is 5.75 Å². The number of H-pyrrole nitrogens is 1. The summed E-state index contributed by atoms with van der Waals surface area (Å²) in [5, 5.41) is 8.76. The number of nitrogens with one attached hydrogen (secondary N) is 1. The number of carbonyl (C=O) groups excluding carboxylic acids is 1. The number of nitrogens with zero attached hydrogens (tertiary/aromatic N) is 3. The fourth-order valence-corrected chi connectivity index (χ4v) is 3.05. The van der Waals surface area contributed by atoms with Crippen LogP contribution in [0.3, 0.4) is 0 Å². The van der Waals surface area contributed by atoms with Gasteiger partial charge in [-0.3, -0.25) is 0 Å². The van der Waals surface area contributed by atoms with E-state index >= 15 is 0 Å². The van der Waals surface area contributed by atoms with Crippen LogP contribution in [0.5, 0.6) is 5.75 Å². The van der Waals surface area contributed by atoms with Gasteiger partial charge in [0.2, 0.25) is 34.8 Å². The number of carbonyl (C=O) groups is 1. The number of azo groups is 1. The summed E-state index contributed by atoms with van der Waals surface area (Å²) in [6.45, 7) is 0. The maximum absolute atomic E-state index is 13.8. The largest absolute Gasteiger partial charge is 0.415 e. The Bertz CT molecular complexity index is 1400. The molecule has 34 heavy (non-hydrogen) atoms. The van der Waals surface area contributed by atoms with Gasteiger partial charge in [0, 0.05) is 30.7 Å². The third kappa shape index (κ3) is 4.32. The molecule has 0 fully saturated rings. The van der Waals surface area contributed by atoms with E-state index in [0.717, 1.165) is 5.69 Å². The number of aromatic amines is 1. The molecule has 0 unspecified atom stereocenters. The molecule has 4 aromatic rings. The lowest BCUT2D eigenvalue weighted by molar-refractivity contribution is 0.0711. The van der Waals surface area contributed by atoms with E-state index in [0.29, 0.717) is 22.3 Å². The molecule has 1 heterocycles. The number of anilines is 1. The minimum Gasteiger partial charge on any atom is -0.415 e. The second kappa shape index (κ2) is 8.93. The maximum Gasteiger partial charge on any atom is 0.360 e. The lowest BCUT2D eigenvalue weighted by Gasteiger charge is -2.11. The van der Waals surface area contributed by atoms with Crippen LogP contribution in [-0.2, 0) is 0 Å².